The first kappa shape index (κ1) is 21.0. The van der Waals surface area contributed by atoms with Crippen molar-refractivity contribution in [2.45, 2.75) is 18.6 Å². The first-order valence-electron chi connectivity index (χ1n) is 11.4. The Kier molecular flexibility index (Phi) is 5.26. The molecule has 0 fully saturated rings. The van der Waals surface area contributed by atoms with Crippen molar-refractivity contribution in [3.8, 4) is 5.69 Å². The van der Waals surface area contributed by atoms with Gasteiger partial charge in [-0.3, -0.25) is 5.10 Å². The molecule has 0 radical (unpaired) electrons. The standard InChI is InChI=1S/C24H17ClFN5O5/c25-14-8-17(26)21-20(9-14)31(30-29-21)15-6-7-16-18(10-15)27-28-19(16)12-36-24(22(32)33,23(34)35)11-13-4-2-1-3-5-13/h1-10H,11-12H2,(H,27,28)(H,32,33)(H,34,35)/i12D2. The minimum absolute atomic E-state index is 0.000885. The Morgan fingerprint density at radius 1 is 1.14 bits per heavy atom. The first-order valence-corrected chi connectivity index (χ1v) is 10.8. The van der Waals surface area contributed by atoms with Crippen LogP contribution in [0.4, 0.5) is 4.39 Å². The molecule has 182 valence electrons. The molecule has 5 rings (SSSR count). The van der Waals surface area contributed by atoms with Gasteiger partial charge >= 0.3 is 11.9 Å². The molecule has 0 bridgehead atoms. The molecule has 10 nitrogen and oxygen atoms in total. The number of aromatic amines is 1. The molecule has 3 N–H and O–H groups in total. The van der Waals surface area contributed by atoms with Crippen LogP contribution in [0.15, 0.2) is 60.7 Å². The summed E-state index contributed by atoms with van der Waals surface area (Å²) < 4.78 is 37.8. The minimum atomic E-state index is -2.94. The lowest BCUT2D eigenvalue weighted by Crippen LogP contribution is -2.51. The van der Waals surface area contributed by atoms with Crippen molar-refractivity contribution in [1.29, 1.82) is 0 Å². The Hall–Kier alpha value is -4.35. The normalized spacial score (nSPS) is 13.1. The number of carbonyl (C=O) groups is 2. The van der Waals surface area contributed by atoms with Gasteiger partial charge in [-0.25, -0.2) is 18.7 Å². The monoisotopic (exact) mass is 511 g/mol. The van der Waals surface area contributed by atoms with Crippen LogP contribution in [0.5, 0.6) is 0 Å². The first-order chi connectivity index (χ1) is 18.0. The number of benzene rings is 3. The minimum Gasteiger partial charge on any atom is -0.479 e. The molecule has 5 aromatic rings. The second-order valence-corrected chi connectivity index (χ2v) is 8.30. The Bertz CT molecular complexity index is 1700. The van der Waals surface area contributed by atoms with Gasteiger partial charge in [0.15, 0.2) is 5.82 Å². The second kappa shape index (κ2) is 9.02. The van der Waals surface area contributed by atoms with E-state index in [-0.39, 0.29) is 32.7 Å². The number of carboxylic acid groups (broad SMARTS) is 2. The fourth-order valence-electron chi connectivity index (χ4n) is 3.74. The van der Waals surface area contributed by atoms with Crippen LogP contribution in [-0.2, 0) is 27.3 Å². The molecule has 36 heavy (non-hydrogen) atoms. The summed E-state index contributed by atoms with van der Waals surface area (Å²) in [4.78, 5) is 24.3. The number of rotatable bonds is 8. The largest absolute Gasteiger partial charge is 0.479 e. The summed E-state index contributed by atoms with van der Waals surface area (Å²) in [6.45, 7) is -2.92. The second-order valence-electron chi connectivity index (χ2n) is 7.86. The molecular weight excluding hydrogens is 493 g/mol. The summed E-state index contributed by atoms with van der Waals surface area (Å²) in [7, 11) is 0. The lowest BCUT2D eigenvalue weighted by Gasteiger charge is -2.25. The predicted molar refractivity (Wildman–Crippen MR) is 126 cm³/mol. The highest BCUT2D eigenvalue weighted by Gasteiger charge is 2.48. The van der Waals surface area contributed by atoms with E-state index in [1.165, 1.54) is 41.1 Å². The molecular formula is C24H17ClFN5O5. The summed E-state index contributed by atoms with van der Waals surface area (Å²) in [5, 5.41) is 34.4. The number of aromatic nitrogens is 5. The fourth-order valence-corrected chi connectivity index (χ4v) is 3.94. The molecule has 12 heteroatoms. The Labute approximate surface area is 209 Å². The van der Waals surface area contributed by atoms with Gasteiger partial charge in [0.1, 0.15) is 5.52 Å². The maximum absolute atomic E-state index is 14.2. The van der Waals surface area contributed by atoms with Gasteiger partial charge in [0.05, 0.1) is 31.7 Å². The van der Waals surface area contributed by atoms with E-state index in [4.69, 9.17) is 19.1 Å². The van der Waals surface area contributed by atoms with Gasteiger partial charge in [-0.1, -0.05) is 47.1 Å². The van der Waals surface area contributed by atoms with Crippen LogP contribution in [0.1, 0.15) is 14.0 Å². The number of fused-ring (bicyclic) bond motifs is 2. The third-order valence-electron chi connectivity index (χ3n) is 5.57. The van der Waals surface area contributed by atoms with Gasteiger partial charge in [0.25, 0.3) is 5.60 Å². The van der Waals surface area contributed by atoms with Gasteiger partial charge in [-0.05, 0) is 35.9 Å². The van der Waals surface area contributed by atoms with Crippen LogP contribution in [0.2, 0.25) is 5.02 Å². The molecule has 0 aliphatic heterocycles. The number of hydrogen-bond acceptors (Lipinski definition) is 6. The zero-order valence-corrected chi connectivity index (χ0v) is 18.9. The molecule has 0 saturated carbocycles. The number of halogens is 2. The Morgan fingerprint density at radius 3 is 2.61 bits per heavy atom. The van der Waals surface area contributed by atoms with Crippen molar-refractivity contribution in [2.24, 2.45) is 0 Å². The average molecular weight is 512 g/mol. The Balaban J connectivity index is 1.54. The van der Waals surface area contributed by atoms with E-state index in [1.54, 1.807) is 18.2 Å². The van der Waals surface area contributed by atoms with Crippen molar-refractivity contribution in [3.05, 3.63) is 82.8 Å². The molecule has 0 saturated heterocycles. The van der Waals surface area contributed by atoms with Crippen molar-refractivity contribution >= 4 is 45.5 Å². The lowest BCUT2D eigenvalue weighted by molar-refractivity contribution is -0.185. The summed E-state index contributed by atoms with van der Waals surface area (Å²) in [6, 6.07) is 15.0. The van der Waals surface area contributed by atoms with E-state index in [2.05, 4.69) is 20.5 Å². The molecule has 0 aliphatic carbocycles. The molecule has 0 aliphatic rings. The van der Waals surface area contributed by atoms with Crippen LogP contribution in [0.25, 0.3) is 27.6 Å². The zero-order chi connectivity index (χ0) is 27.2. The number of aliphatic carboxylic acids is 2. The quantitative estimate of drug-likeness (QED) is 0.267. The van der Waals surface area contributed by atoms with Crippen molar-refractivity contribution in [3.63, 3.8) is 0 Å². The van der Waals surface area contributed by atoms with Crippen molar-refractivity contribution in [1.82, 2.24) is 25.2 Å². The summed E-state index contributed by atoms with van der Waals surface area (Å²) in [5.74, 6) is -4.39. The molecule has 2 heterocycles. The van der Waals surface area contributed by atoms with E-state index in [1.807, 2.05) is 0 Å². The molecule has 0 atom stereocenters. The maximum Gasteiger partial charge on any atom is 0.348 e. The van der Waals surface area contributed by atoms with Gasteiger partial charge in [0, 0.05) is 16.8 Å². The summed E-state index contributed by atoms with van der Waals surface area (Å²) >= 11 is 5.97. The molecule has 2 aromatic heterocycles. The molecule has 3 aromatic carbocycles. The topological polar surface area (TPSA) is 143 Å². The van der Waals surface area contributed by atoms with E-state index >= 15 is 0 Å². The molecule has 0 amide bonds. The SMILES string of the molecule is [2H]C([2H])(OC(Cc1ccccc1)(C(=O)O)C(=O)O)c1[nH]nc2cc(-n3nnc4c(F)cc(Cl)cc43)ccc12. The number of nitrogens with one attached hydrogen (secondary N) is 1. The lowest BCUT2D eigenvalue weighted by atomic mass is 9.94. The summed E-state index contributed by atoms with van der Waals surface area (Å²) in [5.41, 5.74) is -2.01. The van der Waals surface area contributed by atoms with Gasteiger partial charge < -0.3 is 14.9 Å². The van der Waals surface area contributed by atoms with E-state index in [0.717, 1.165) is 6.07 Å². The van der Waals surface area contributed by atoms with Crippen LogP contribution in [0.3, 0.4) is 0 Å². The van der Waals surface area contributed by atoms with Crippen LogP contribution >= 0.6 is 11.6 Å². The van der Waals surface area contributed by atoms with Gasteiger partial charge in [-0.2, -0.15) is 5.10 Å². The summed E-state index contributed by atoms with van der Waals surface area (Å²) in [6.07, 6.45) is -0.632. The fraction of sp³-hybridized carbons (Fsp3) is 0.125. The van der Waals surface area contributed by atoms with Crippen LogP contribution in [0, 0.1) is 5.82 Å². The number of nitrogens with zero attached hydrogens (tertiary/aromatic N) is 4. The van der Waals surface area contributed by atoms with Gasteiger partial charge in [-0.15, -0.1) is 5.10 Å². The molecule has 0 spiro atoms. The number of hydrogen-bond donors (Lipinski definition) is 3. The highest BCUT2D eigenvalue weighted by atomic mass is 35.5. The highest BCUT2D eigenvalue weighted by Crippen LogP contribution is 2.27. The smallest absolute Gasteiger partial charge is 0.348 e. The number of ether oxygens (including phenoxy) is 1. The van der Waals surface area contributed by atoms with Crippen molar-refractivity contribution in [2.75, 3.05) is 0 Å². The molecule has 0 unspecified atom stereocenters. The average Bonchev–Trinajstić information content (AvgIpc) is 3.48. The third kappa shape index (κ3) is 4.04. The van der Waals surface area contributed by atoms with E-state index in [0.29, 0.717) is 11.3 Å². The van der Waals surface area contributed by atoms with Gasteiger partial charge in [0.2, 0.25) is 0 Å². The maximum atomic E-state index is 14.2. The third-order valence-corrected chi connectivity index (χ3v) is 5.79. The van der Waals surface area contributed by atoms with E-state index in [9.17, 15) is 24.2 Å². The highest BCUT2D eigenvalue weighted by molar-refractivity contribution is 6.31. The Morgan fingerprint density at radius 2 is 1.89 bits per heavy atom. The van der Waals surface area contributed by atoms with E-state index < -0.39 is 36.3 Å². The van der Waals surface area contributed by atoms with Crippen LogP contribution < -0.4 is 0 Å². The predicted octanol–water partition coefficient (Wildman–Crippen LogP) is 3.76. The zero-order valence-electron chi connectivity index (χ0n) is 20.1. The number of carboxylic acids is 2. The number of H-pyrrole nitrogens is 1. The van der Waals surface area contributed by atoms with Crippen LogP contribution in [-0.4, -0.2) is 52.9 Å². The van der Waals surface area contributed by atoms with Crippen molar-refractivity contribution < 1.29 is 31.7 Å².